The second-order valence-corrected chi connectivity index (χ2v) is 10.9. The van der Waals surface area contributed by atoms with Crippen LogP contribution >= 0.6 is 52.5 Å². The number of amides is 1. The molecule has 36 heavy (non-hydrogen) atoms. The number of fused-ring (bicyclic) bond motifs is 1. The molecule has 6 nitrogen and oxygen atoms in total. The van der Waals surface area contributed by atoms with Gasteiger partial charge in [-0.25, -0.2) is 0 Å². The fourth-order valence-electron chi connectivity index (χ4n) is 5.11. The van der Waals surface area contributed by atoms with Crippen molar-refractivity contribution in [3.05, 3.63) is 58.2 Å². The van der Waals surface area contributed by atoms with Crippen molar-refractivity contribution in [2.45, 2.75) is 29.5 Å². The van der Waals surface area contributed by atoms with E-state index < -0.39 is 0 Å². The third-order valence-electron chi connectivity index (χ3n) is 7.04. The van der Waals surface area contributed by atoms with Gasteiger partial charge in [0.05, 0.1) is 28.8 Å². The number of benzene rings is 2. The van der Waals surface area contributed by atoms with Crippen LogP contribution in [0.1, 0.15) is 28.9 Å². The lowest BCUT2D eigenvalue weighted by atomic mass is 10.0. The van der Waals surface area contributed by atoms with Gasteiger partial charge in [0.15, 0.2) is 0 Å². The highest BCUT2D eigenvalue weighted by Gasteiger charge is 2.31. The van der Waals surface area contributed by atoms with Gasteiger partial charge in [-0.2, -0.15) is 0 Å². The molecule has 5 rings (SSSR count). The van der Waals surface area contributed by atoms with Gasteiger partial charge in [0, 0.05) is 61.0 Å². The number of aryl methyl sites for hydroxylation is 1. The number of aromatic nitrogens is 1. The largest absolute Gasteiger partial charge is 0.507 e. The van der Waals surface area contributed by atoms with Crippen molar-refractivity contribution in [1.29, 1.82) is 0 Å². The molecule has 196 valence electrons. The predicted octanol–water partition coefficient (Wildman–Crippen LogP) is 5.72. The van der Waals surface area contributed by atoms with Crippen molar-refractivity contribution >= 4 is 69.3 Å². The first-order chi connectivity index (χ1) is 16.5. The summed E-state index contributed by atoms with van der Waals surface area (Å²) < 4.78 is 8.24. The number of likely N-dealkylation sites (tertiary alicyclic amines) is 1. The molecule has 2 fully saturated rings. The maximum Gasteiger partial charge on any atom is 0.256 e. The monoisotopic (exact) mass is 615 g/mol. The minimum Gasteiger partial charge on any atom is -0.507 e. The van der Waals surface area contributed by atoms with Gasteiger partial charge in [-0.15, -0.1) is 36.6 Å². The van der Waals surface area contributed by atoms with Gasteiger partial charge in [0.2, 0.25) is 0 Å². The summed E-state index contributed by atoms with van der Waals surface area (Å²) in [4.78, 5) is 19.6. The Balaban J connectivity index is 0.00000180. The first-order valence-corrected chi connectivity index (χ1v) is 13.6. The lowest BCUT2D eigenvalue weighted by Gasteiger charge is -2.40. The topological polar surface area (TPSA) is 57.9 Å². The molecular formula is C26H32BrCl2N3O3S. The summed E-state index contributed by atoms with van der Waals surface area (Å²) in [5.74, 6) is 0.899. The lowest BCUT2D eigenvalue weighted by molar-refractivity contribution is 0.00160. The molecule has 0 aliphatic carbocycles. The Labute approximate surface area is 237 Å². The first-order valence-electron chi connectivity index (χ1n) is 11.8. The Bertz CT molecular complexity index is 1180. The Morgan fingerprint density at radius 1 is 1.08 bits per heavy atom. The van der Waals surface area contributed by atoms with E-state index in [1.807, 2.05) is 36.2 Å². The number of halogens is 3. The van der Waals surface area contributed by atoms with Gasteiger partial charge in [-0.05, 0) is 53.0 Å². The Morgan fingerprint density at radius 3 is 2.42 bits per heavy atom. The van der Waals surface area contributed by atoms with Crippen molar-refractivity contribution in [2.24, 2.45) is 7.05 Å². The number of hydrogen-bond donors (Lipinski definition) is 1. The minimum absolute atomic E-state index is 0. The molecule has 1 aromatic heterocycles. The molecule has 0 unspecified atom stereocenters. The number of phenolic OH excluding ortho intramolecular Hbond substituents is 1. The van der Waals surface area contributed by atoms with Gasteiger partial charge >= 0.3 is 0 Å². The van der Waals surface area contributed by atoms with E-state index in [1.165, 1.54) is 4.90 Å². The van der Waals surface area contributed by atoms with Crippen molar-refractivity contribution in [3.8, 4) is 5.75 Å². The number of piperidine rings is 1. The number of hydrogen-bond acceptors (Lipinski definition) is 5. The number of morpholine rings is 1. The number of ether oxygens (including phenoxy) is 1. The van der Waals surface area contributed by atoms with Crippen LogP contribution in [-0.2, 0) is 17.5 Å². The molecule has 2 saturated heterocycles. The maximum absolute atomic E-state index is 13.9. The van der Waals surface area contributed by atoms with E-state index in [0.29, 0.717) is 21.8 Å². The molecular weight excluding hydrogens is 585 g/mol. The number of thioether (sulfide) groups is 1. The molecule has 0 saturated carbocycles. The Morgan fingerprint density at radius 2 is 1.75 bits per heavy atom. The van der Waals surface area contributed by atoms with Crippen molar-refractivity contribution in [3.63, 3.8) is 0 Å². The van der Waals surface area contributed by atoms with Crippen LogP contribution in [-0.4, -0.2) is 70.8 Å². The van der Waals surface area contributed by atoms with Crippen molar-refractivity contribution < 1.29 is 14.6 Å². The van der Waals surface area contributed by atoms with E-state index >= 15 is 0 Å². The van der Waals surface area contributed by atoms with Crippen LogP contribution in [0.5, 0.6) is 5.75 Å². The highest BCUT2D eigenvalue weighted by Crippen LogP contribution is 2.37. The quantitative estimate of drug-likeness (QED) is 0.372. The summed E-state index contributed by atoms with van der Waals surface area (Å²) in [7, 11) is 2.01. The molecule has 1 amide bonds. The van der Waals surface area contributed by atoms with Crippen LogP contribution in [0.15, 0.2) is 51.8 Å². The van der Waals surface area contributed by atoms with Crippen LogP contribution in [0.2, 0.25) is 0 Å². The highest BCUT2D eigenvalue weighted by molar-refractivity contribution is 9.10. The van der Waals surface area contributed by atoms with Crippen LogP contribution in [0.25, 0.3) is 10.9 Å². The molecule has 3 aromatic rings. The van der Waals surface area contributed by atoms with E-state index in [9.17, 15) is 9.90 Å². The zero-order chi connectivity index (χ0) is 23.7. The summed E-state index contributed by atoms with van der Waals surface area (Å²) >= 11 is 5.16. The van der Waals surface area contributed by atoms with Gasteiger partial charge in [0.25, 0.3) is 5.91 Å². The van der Waals surface area contributed by atoms with Gasteiger partial charge in [0.1, 0.15) is 5.75 Å². The number of carbonyl (C=O) groups excluding carboxylic acids is 1. The standard InChI is InChI=1S/C26H30BrN3O3S.2ClH/c1-28-22-16-21(27)24(31)15-20(22)25(23(28)17-34-19-5-3-2-4-6-19)26(32)30-9-7-18(8-10-30)29-11-13-33-14-12-29;;/h2-6,15-16,18,31H,7-14,17H2,1H3;2*1H. The minimum atomic E-state index is 0. The lowest BCUT2D eigenvalue weighted by Crippen LogP contribution is -2.50. The molecule has 2 aliphatic rings. The van der Waals surface area contributed by atoms with E-state index in [2.05, 4.69) is 37.5 Å². The highest BCUT2D eigenvalue weighted by atomic mass is 79.9. The van der Waals surface area contributed by atoms with Crippen molar-refractivity contribution in [2.75, 3.05) is 39.4 Å². The van der Waals surface area contributed by atoms with Gasteiger partial charge in [-0.3, -0.25) is 9.69 Å². The Kier molecular flexibility index (Phi) is 10.4. The number of phenols is 1. The molecule has 0 spiro atoms. The molecule has 3 heterocycles. The third-order valence-corrected chi connectivity index (χ3v) is 8.69. The fourth-order valence-corrected chi connectivity index (χ4v) is 6.43. The van der Waals surface area contributed by atoms with E-state index in [1.54, 1.807) is 17.8 Å². The van der Waals surface area contributed by atoms with E-state index in [0.717, 1.165) is 68.8 Å². The summed E-state index contributed by atoms with van der Waals surface area (Å²) in [5, 5.41) is 11.2. The maximum atomic E-state index is 13.9. The molecule has 0 bridgehead atoms. The summed E-state index contributed by atoms with van der Waals surface area (Å²) in [6.07, 6.45) is 1.98. The molecule has 0 radical (unpaired) electrons. The molecule has 0 atom stereocenters. The molecule has 10 heteroatoms. The summed E-state index contributed by atoms with van der Waals surface area (Å²) in [5.41, 5.74) is 2.65. The number of nitrogens with zero attached hydrogens (tertiary/aromatic N) is 3. The molecule has 1 N–H and O–H groups in total. The fraction of sp³-hybridized carbons (Fsp3) is 0.423. The molecule has 2 aliphatic heterocycles. The van der Waals surface area contributed by atoms with Crippen molar-refractivity contribution in [1.82, 2.24) is 14.4 Å². The molecule has 2 aromatic carbocycles. The van der Waals surface area contributed by atoms with Gasteiger partial charge in [-0.1, -0.05) is 18.2 Å². The average Bonchev–Trinajstić information content (AvgIpc) is 3.14. The average molecular weight is 617 g/mol. The normalized spacial score (nSPS) is 17.0. The first kappa shape index (κ1) is 29.1. The smallest absolute Gasteiger partial charge is 0.256 e. The number of carbonyl (C=O) groups is 1. The van der Waals surface area contributed by atoms with Crippen LogP contribution in [0, 0.1) is 0 Å². The van der Waals surface area contributed by atoms with Crippen LogP contribution in [0.4, 0.5) is 0 Å². The Hall–Kier alpha value is -1.42. The summed E-state index contributed by atoms with van der Waals surface area (Å²) in [6, 6.07) is 14.4. The zero-order valence-corrected chi connectivity index (χ0v) is 24.2. The number of rotatable bonds is 5. The van der Waals surface area contributed by atoms with E-state index in [4.69, 9.17) is 4.74 Å². The SMILES string of the molecule is Cl.Cl.Cn1c(CSc2ccccc2)c(C(=O)N2CCC(N3CCOCC3)CC2)c2cc(O)c(Br)cc21. The van der Waals surface area contributed by atoms with E-state index in [-0.39, 0.29) is 36.5 Å². The van der Waals surface area contributed by atoms with Crippen LogP contribution in [0.3, 0.4) is 0 Å². The van der Waals surface area contributed by atoms with Crippen LogP contribution < -0.4 is 0 Å². The number of aromatic hydroxyl groups is 1. The third kappa shape index (κ3) is 6.00. The summed E-state index contributed by atoms with van der Waals surface area (Å²) in [6.45, 7) is 5.08. The predicted molar refractivity (Wildman–Crippen MR) is 154 cm³/mol. The van der Waals surface area contributed by atoms with Gasteiger partial charge < -0.3 is 19.3 Å². The second kappa shape index (κ2) is 12.9. The zero-order valence-electron chi connectivity index (χ0n) is 20.2. The second-order valence-electron chi connectivity index (χ2n) is 8.97.